The van der Waals surface area contributed by atoms with Gasteiger partial charge in [0.25, 0.3) is 15.7 Å². The van der Waals surface area contributed by atoms with Crippen LogP contribution < -0.4 is 4.31 Å². The molecule has 1 N–H and O–H groups in total. The van der Waals surface area contributed by atoms with Gasteiger partial charge in [0.1, 0.15) is 6.04 Å². The Morgan fingerprint density at radius 3 is 2.27 bits per heavy atom. The summed E-state index contributed by atoms with van der Waals surface area (Å²) in [6.07, 6.45) is 0. The Balaban J connectivity index is 2.72. The highest BCUT2D eigenvalue weighted by Gasteiger charge is 2.35. The van der Waals surface area contributed by atoms with E-state index >= 15 is 0 Å². The highest BCUT2D eigenvalue weighted by molar-refractivity contribution is 7.93. The van der Waals surface area contributed by atoms with Crippen LogP contribution in [0.4, 0.5) is 11.4 Å². The Morgan fingerprint density at radius 2 is 1.77 bits per heavy atom. The lowest BCUT2D eigenvalue weighted by atomic mass is 10.2. The molecule has 0 bridgehead atoms. The number of carboxylic acids is 1. The zero-order valence-electron chi connectivity index (χ0n) is 13.2. The average molecular weight is 419 g/mol. The van der Waals surface area contributed by atoms with Gasteiger partial charge in [-0.2, -0.15) is 0 Å². The summed E-state index contributed by atoms with van der Waals surface area (Å²) in [5.74, 6) is -1.45. The second-order valence-electron chi connectivity index (χ2n) is 5.16. The van der Waals surface area contributed by atoms with E-state index in [9.17, 15) is 28.4 Å². The number of hydrogen-bond acceptors (Lipinski definition) is 5. The maximum Gasteiger partial charge on any atom is 0.327 e. The number of rotatable bonds is 6. The Labute approximate surface area is 158 Å². The molecule has 26 heavy (non-hydrogen) atoms. The molecule has 138 valence electrons. The first-order chi connectivity index (χ1) is 12.1. The molecular formula is C15H12Cl2N2O6S. The Hall–Kier alpha value is -2.36. The summed E-state index contributed by atoms with van der Waals surface area (Å²) in [7, 11) is -4.39. The average Bonchev–Trinajstić information content (AvgIpc) is 2.56. The van der Waals surface area contributed by atoms with Crippen LogP contribution in [0.1, 0.15) is 6.92 Å². The van der Waals surface area contributed by atoms with Crippen LogP contribution in [0, 0.1) is 10.1 Å². The Bertz CT molecular complexity index is 963. The standard InChI is InChI=1S/C15H12Cl2N2O6S/c1-9(15(20)21)18(14-8-11(19(22)23)4-7-13(14)17)26(24,25)12-5-2-10(16)3-6-12/h2-9H,1H3,(H,20,21). The molecule has 1 atom stereocenters. The molecule has 0 saturated heterocycles. The van der Waals surface area contributed by atoms with Gasteiger partial charge >= 0.3 is 5.97 Å². The minimum absolute atomic E-state index is 0.152. The molecule has 0 spiro atoms. The van der Waals surface area contributed by atoms with Crippen LogP contribution >= 0.6 is 23.2 Å². The van der Waals surface area contributed by atoms with Crippen LogP contribution in [0.2, 0.25) is 10.0 Å². The van der Waals surface area contributed by atoms with Crippen LogP contribution in [0.15, 0.2) is 47.4 Å². The van der Waals surface area contributed by atoms with Crippen LogP contribution in [0.25, 0.3) is 0 Å². The minimum Gasteiger partial charge on any atom is -0.480 e. The summed E-state index contributed by atoms with van der Waals surface area (Å²) in [4.78, 5) is 21.5. The lowest BCUT2D eigenvalue weighted by Gasteiger charge is -2.28. The third-order valence-electron chi connectivity index (χ3n) is 3.46. The van der Waals surface area contributed by atoms with Crippen LogP contribution in [0.3, 0.4) is 0 Å². The van der Waals surface area contributed by atoms with Gasteiger partial charge in [0.2, 0.25) is 0 Å². The number of non-ortho nitro benzene ring substituents is 1. The van der Waals surface area contributed by atoms with Gasteiger partial charge in [-0.15, -0.1) is 0 Å². The first-order valence-corrected chi connectivity index (χ1v) is 9.22. The zero-order chi connectivity index (χ0) is 19.6. The van der Waals surface area contributed by atoms with E-state index in [1.54, 1.807) is 0 Å². The van der Waals surface area contributed by atoms with Gasteiger partial charge in [-0.05, 0) is 37.3 Å². The van der Waals surface area contributed by atoms with Crippen molar-refractivity contribution in [1.82, 2.24) is 0 Å². The first kappa shape index (κ1) is 20.0. The Morgan fingerprint density at radius 1 is 1.19 bits per heavy atom. The molecule has 0 aromatic heterocycles. The number of halogens is 2. The highest BCUT2D eigenvalue weighted by Crippen LogP contribution is 2.35. The van der Waals surface area contributed by atoms with Gasteiger partial charge in [0.05, 0.1) is 20.5 Å². The van der Waals surface area contributed by atoms with Crippen molar-refractivity contribution in [1.29, 1.82) is 0 Å². The van der Waals surface area contributed by atoms with E-state index in [0.29, 0.717) is 4.31 Å². The SMILES string of the molecule is CC(C(=O)O)N(c1cc([N+](=O)[O-])ccc1Cl)S(=O)(=O)c1ccc(Cl)cc1. The number of sulfonamides is 1. The topological polar surface area (TPSA) is 118 Å². The van der Waals surface area contributed by atoms with Crippen molar-refractivity contribution in [3.63, 3.8) is 0 Å². The van der Waals surface area contributed by atoms with Crippen molar-refractivity contribution in [2.75, 3.05) is 4.31 Å². The molecule has 0 saturated carbocycles. The third-order valence-corrected chi connectivity index (χ3v) is 5.93. The van der Waals surface area contributed by atoms with E-state index in [4.69, 9.17) is 23.2 Å². The monoisotopic (exact) mass is 418 g/mol. The van der Waals surface area contributed by atoms with Gasteiger partial charge in [-0.1, -0.05) is 23.2 Å². The second-order valence-corrected chi connectivity index (χ2v) is 7.82. The quantitative estimate of drug-likeness (QED) is 0.565. The number of hydrogen-bond donors (Lipinski definition) is 1. The molecule has 0 radical (unpaired) electrons. The van der Waals surface area contributed by atoms with Gasteiger partial charge in [-0.3, -0.25) is 14.4 Å². The van der Waals surface area contributed by atoms with Gasteiger partial charge < -0.3 is 5.11 Å². The molecule has 0 fully saturated rings. The lowest BCUT2D eigenvalue weighted by molar-refractivity contribution is -0.384. The van der Waals surface area contributed by atoms with E-state index in [1.807, 2.05) is 0 Å². The van der Waals surface area contributed by atoms with Gasteiger partial charge in [-0.25, -0.2) is 13.2 Å². The molecule has 2 rings (SSSR count). The summed E-state index contributed by atoms with van der Waals surface area (Å²) < 4.78 is 26.6. The normalized spacial score (nSPS) is 12.4. The first-order valence-electron chi connectivity index (χ1n) is 7.02. The number of nitro benzene ring substituents is 1. The fraction of sp³-hybridized carbons (Fsp3) is 0.133. The molecule has 11 heteroatoms. The highest BCUT2D eigenvalue weighted by atomic mass is 35.5. The van der Waals surface area contributed by atoms with E-state index in [-0.39, 0.29) is 20.6 Å². The molecule has 0 aliphatic rings. The predicted molar refractivity (Wildman–Crippen MR) is 96.3 cm³/mol. The molecular weight excluding hydrogens is 407 g/mol. The number of nitrogens with zero attached hydrogens (tertiary/aromatic N) is 2. The summed E-state index contributed by atoms with van der Waals surface area (Å²) >= 11 is 11.8. The van der Waals surface area contributed by atoms with E-state index < -0.39 is 32.6 Å². The van der Waals surface area contributed by atoms with Crippen molar-refractivity contribution < 1.29 is 23.2 Å². The maximum absolute atomic E-state index is 13.0. The summed E-state index contributed by atoms with van der Waals surface area (Å²) in [5.41, 5.74) is -0.746. The van der Waals surface area contributed by atoms with Crippen molar-refractivity contribution in [3.8, 4) is 0 Å². The smallest absolute Gasteiger partial charge is 0.327 e. The van der Waals surface area contributed by atoms with Crippen molar-refractivity contribution >= 4 is 50.6 Å². The number of carboxylic acid groups (broad SMARTS) is 1. The molecule has 0 amide bonds. The summed E-state index contributed by atoms with van der Waals surface area (Å²) in [5, 5.41) is 20.5. The van der Waals surface area contributed by atoms with E-state index in [1.165, 1.54) is 24.3 Å². The number of aliphatic carboxylic acids is 1. The Kier molecular flexibility index (Phi) is 5.74. The number of carbonyl (C=O) groups is 1. The molecule has 0 aliphatic heterocycles. The second kappa shape index (κ2) is 7.48. The fourth-order valence-electron chi connectivity index (χ4n) is 2.15. The third kappa shape index (κ3) is 3.90. The van der Waals surface area contributed by atoms with Crippen LogP contribution in [-0.2, 0) is 14.8 Å². The molecule has 2 aromatic carbocycles. The summed E-state index contributed by atoms with van der Waals surface area (Å²) in [6, 6.07) is 6.61. The largest absolute Gasteiger partial charge is 0.480 e. The zero-order valence-corrected chi connectivity index (χ0v) is 15.5. The number of nitro groups is 1. The van der Waals surface area contributed by atoms with Gasteiger partial charge in [0, 0.05) is 17.2 Å². The van der Waals surface area contributed by atoms with Crippen LogP contribution in [0.5, 0.6) is 0 Å². The molecule has 1 unspecified atom stereocenters. The van der Waals surface area contributed by atoms with E-state index in [0.717, 1.165) is 25.1 Å². The fourth-order valence-corrected chi connectivity index (χ4v) is 4.16. The molecule has 0 aliphatic carbocycles. The lowest BCUT2D eigenvalue weighted by Crippen LogP contribution is -2.43. The number of anilines is 1. The maximum atomic E-state index is 13.0. The van der Waals surface area contributed by atoms with Gasteiger partial charge in [0.15, 0.2) is 0 Å². The van der Waals surface area contributed by atoms with Crippen molar-refractivity contribution in [2.45, 2.75) is 17.9 Å². The molecule has 8 nitrogen and oxygen atoms in total. The minimum atomic E-state index is -4.39. The molecule has 0 heterocycles. The number of benzene rings is 2. The van der Waals surface area contributed by atoms with Crippen molar-refractivity contribution in [2.24, 2.45) is 0 Å². The van der Waals surface area contributed by atoms with Crippen molar-refractivity contribution in [3.05, 3.63) is 62.6 Å². The van der Waals surface area contributed by atoms with E-state index in [2.05, 4.69) is 0 Å². The van der Waals surface area contributed by atoms with Crippen LogP contribution in [-0.4, -0.2) is 30.5 Å². The molecule has 2 aromatic rings. The summed E-state index contributed by atoms with van der Waals surface area (Å²) in [6.45, 7) is 1.13. The predicted octanol–water partition coefficient (Wildman–Crippen LogP) is 3.57.